The number of benzene rings is 1. The summed E-state index contributed by atoms with van der Waals surface area (Å²) >= 11 is 0. The van der Waals surface area contributed by atoms with Crippen LogP contribution in [0.1, 0.15) is 36.7 Å². The normalized spacial score (nSPS) is 20.8. The molecule has 2 aromatic rings. The summed E-state index contributed by atoms with van der Waals surface area (Å²) in [6.45, 7) is -0.312. The fourth-order valence-corrected chi connectivity index (χ4v) is 3.95. The van der Waals surface area contributed by atoms with Gasteiger partial charge in [-0.05, 0) is 30.5 Å². The van der Waals surface area contributed by atoms with Crippen molar-refractivity contribution in [1.29, 1.82) is 0 Å². The number of rotatable bonds is 4. The fraction of sp³-hybridized carbons (Fsp3) is 0.526. The molecule has 0 radical (unpaired) electrons. The second-order valence-corrected chi connectivity index (χ2v) is 7.35. The summed E-state index contributed by atoms with van der Waals surface area (Å²) < 4.78 is 35.0. The first kappa shape index (κ1) is 18.6. The van der Waals surface area contributed by atoms with E-state index in [0.717, 1.165) is 5.56 Å². The molecule has 150 valence electrons. The first-order valence-electron chi connectivity index (χ1n) is 9.36. The van der Waals surface area contributed by atoms with Crippen LogP contribution in [0.3, 0.4) is 0 Å². The quantitative estimate of drug-likeness (QED) is 0.796. The zero-order chi connectivity index (χ0) is 19.9. The Balaban J connectivity index is 1.61. The summed E-state index contributed by atoms with van der Waals surface area (Å²) in [5, 5.41) is 4.40. The first-order valence-corrected chi connectivity index (χ1v) is 9.36. The number of aryl methyl sites for hydroxylation is 1. The van der Waals surface area contributed by atoms with E-state index in [0.29, 0.717) is 30.8 Å². The zero-order valence-corrected chi connectivity index (χ0v) is 15.6. The van der Waals surface area contributed by atoms with Crippen LogP contribution in [0, 0.1) is 0 Å². The van der Waals surface area contributed by atoms with Gasteiger partial charge < -0.3 is 9.64 Å². The number of carbonyl (C=O) groups excluding carboxylic acids is 1. The topological polar surface area (TPSA) is 69.4 Å². The summed E-state index contributed by atoms with van der Waals surface area (Å²) in [4.78, 5) is 26.9. The maximum Gasteiger partial charge on any atom is 0.346 e. The van der Waals surface area contributed by atoms with Gasteiger partial charge in [0.2, 0.25) is 5.91 Å². The second kappa shape index (κ2) is 7.03. The Kier molecular flexibility index (Phi) is 4.68. The van der Waals surface area contributed by atoms with Crippen LogP contribution < -0.4 is 10.4 Å². The molecular weight excluding hydrogens is 370 g/mol. The highest BCUT2D eigenvalue weighted by molar-refractivity contribution is 5.81. The van der Waals surface area contributed by atoms with Crippen molar-refractivity contribution < 1.29 is 18.3 Å². The molecule has 28 heavy (non-hydrogen) atoms. The van der Waals surface area contributed by atoms with Crippen molar-refractivity contribution in [3.8, 4) is 5.75 Å². The molecule has 7 nitrogen and oxygen atoms in total. The van der Waals surface area contributed by atoms with Crippen molar-refractivity contribution in [2.45, 2.75) is 44.2 Å². The number of alkyl halides is 2. The number of methoxy groups -OCH3 is 1. The van der Waals surface area contributed by atoms with Crippen molar-refractivity contribution in [1.82, 2.24) is 19.2 Å². The van der Waals surface area contributed by atoms with E-state index in [1.807, 2.05) is 24.3 Å². The third-order valence-corrected chi connectivity index (χ3v) is 5.36. The van der Waals surface area contributed by atoms with Crippen molar-refractivity contribution in [2.24, 2.45) is 0 Å². The maximum absolute atomic E-state index is 13.5. The van der Waals surface area contributed by atoms with Gasteiger partial charge in [-0.1, -0.05) is 12.1 Å². The summed E-state index contributed by atoms with van der Waals surface area (Å²) in [5.74, 6) is -2.06. The lowest BCUT2D eigenvalue weighted by atomic mass is 10.0. The van der Waals surface area contributed by atoms with Crippen LogP contribution in [0.15, 0.2) is 29.1 Å². The molecule has 1 aromatic heterocycles. The number of nitrogens with zero attached hydrogens (tertiary/aromatic N) is 4. The predicted molar refractivity (Wildman–Crippen MR) is 96.7 cm³/mol. The average molecular weight is 392 g/mol. The minimum atomic E-state index is -2.85. The van der Waals surface area contributed by atoms with Gasteiger partial charge in [-0.2, -0.15) is 5.10 Å². The summed E-state index contributed by atoms with van der Waals surface area (Å²) in [5.41, 5.74) is 0.459. The minimum Gasteiger partial charge on any atom is -0.497 e. The molecule has 0 bridgehead atoms. The molecule has 0 saturated carbocycles. The molecular formula is C19H22F2N4O3. The van der Waals surface area contributed by atoms with E-state index in [4.69, 9.17) is 4.74 Å². The number of aromatic nitrogens is 3. The van der Waals surface area contributed by atoms with Crippen LogP contribution in [0.2, 0.25) is 0 Å². The monoisotopic (exact) mass is 392 g/mol. The minimum absolute atomic E-state index is 0.0182. The lowest BCUT2D eigenvalue weighted by Gasteiger charge is -2.27. The standard InChI is InChI=1S/C19H22F2N4O3/c1-28-14-5-2-4-13(10-14)11-24-18(27)25-15(6-3-7-16(25)22-24)17(26)23-9-8-19(20,21)12-23/h2,4-5,10,15H,3,6-9,11-12H2,1H3/t15-/m1/s1. The van der Waals surface area contributed by atoms with Crippen molar-refractivity contribution >= 4 is 5.91 Å². The zero-order valence-electron chi connectivity index (χ0n) is 15.6. The largest absolute Gasteiger partial charge is 0.497 e. The van der Waals surface area contributed by atoms with Gasteiger partial charge in [0.25, 0.3) is 5.92 Å². The number of fused-ring (bicyclic) bond motifs is 1. The molecule has 1 saturated heterocycles. The number of likely N-dealkylation sites (tertiary alicyclic amines) is 1. The van der Waals surface area contributed by atoms with Crippen molar-refractivity contribution in [3.63, 3.8) is 0 Å². The van der Waals surface area contributed by atoms with Crippen LogP contribution in [-0.2, 0) is 17.8 Å². The highest BCUT2D eigenvalue weighted by atomic mass is 19.3. The molecule has 3 heterocycles. The van der Waals surface area contributed by atoms with Crippen LogP contribution in [0.4, 0.5) is 8.78 Å². The summed E-state index contributed by atoms with van der Waals surface area (Å²) in [6, 6.07) is 6.56. The molecule has 0 aliphatic carbocycles. The Labute approximate surface area is 160 Å². The molecule has 2 aliphatic heterocycles. The highest BCUT2D eigenvalue weighted by Crippen LogP contribution is 2.31. The molecule has 0 N–H and O–H groups in total. The van der Waals surface area contributed by atoms with Crippen molar-refractivity contribution in [2.75, 3.05) is 20.2 Å². The molecule has 1 atom stereocenters. The van der Waals surface area contributed by atoms with Crippen LogP contribution >= 0.6 is 0 Å². The predicted octanol–water partition coefficient (Wildman–Crippen LogP) is 1.85. The Morgan fingerprint density at radius 1 is 1.39 bits per heavy atom. The van der Waals surface area contributed by atoms with Crippen LogP contribution in [-0.4, -0.2) is 51.3 Å². The van der Waals surface area contributed by atoms with E-state index in [-0.39, 0.29) is 25.2 Å². The van der Waals surface area contributed by atoms with E-state index >= 15 is 0 Å². The molecule has 4 rings (SSSR count). The maximum atomic E-state index is 13.5. The van der Waals surface area contributed by atoms with Crippen LogP contribution in [0.5, 0.6) is 5.75 Å². The van der Waals surface area contributed by atoms with Gasteiger partial charge in [0, 0.05) is 19.4 Å². The molecule has 1 fully saturated rings. The number of halogens is 2. The molecule has 1 aromatic carbocycles. The van der Waals surface area contributed by atoms with E-state index < -0.39 is 24.4 Å². The van der Waals surface area contributed by atoms with Gasteiger partial charge >= 0.3 is 5.69 Å². The summed E-state index contributed by atoms with van der Waals surface area (Å²) in [7, 11) is 1.57. The van der Waals surface area contributed by atoms with Crippen LogP contribution in [0.25, 0.3) is 0 Å². The van der Waals surface area contributed by atoms with Gasteiger partial charge in [-0.3, -0.25) is 9.36 Å². The Hall–Kier alpha value is -2.71. The van der Waals surface area contributed by atoms with Gasteiger partial charge in [0.05, 0.1) is 20.2 Å². The van der Waals surface area contributed by atoms with E-state index in [9.17, 15) is 18.4 Å². The molecule has 2 aliphatic rings. The third kappa shape index (κ3) is 3.41. The Morgan fingerprint density at radius 2 is 2.21 bits per heavy atom. The van der Waals surface area contributed by atoms with E-state index in [1.54, 1.807) is 7.11 Å². The number of ether oxygens (including phenoxy) is 1. The van der Waals surface area contributed by atoms with Gasteiger partial charge in [0.15, 0.2) is 0 Å². The van der Waals surface area contributed by atoms with Crippen molar-refractivity contribution in [3.05, 3.63) is 46.1 Å². The average Bonchev–Trinajstić information content (AvgIpc) is 3.21. The van der Waals surface area contributed by atoms with Gasteiger partial charge in [-0.15, -0.1) is 0 Å². The van der Waals surface area contributed by atoms with Gasteiger partial charge in [-0.25, -0.2) is 18.3 Å². The lowest BCUT2D eigenvalue weighted by molar-refractivity contribution is -0.135. The number of hydrogen-bond acceptors (Lipinski definition) is 4. The molecule has 0 unspecified atom stereocenters. The number of hydrogen-bond donors (Lipinski definition) is 0. The highest BCUT2D eigenvalue weighted by Gasteiger charge is 2.43. The Bertz CT molecular complexity index is 953. The third-order valence-electron chi connectivity index (χ3n) is 5.36. The fourth-order valence-electron chi connectivity index (χ4n) is 3.95. The lowest BCUT2D eigenvalue weighted by Crippen LogP contribution is -2.42. The molecule has 9 heteroatoms. The Morgan fingerprint density at radius 3 is 2.93 bits per heavy atom. The first-order chi connectivity index (χ1) is 13.4. The number of carbonyl (C=O) groups is 1. The summed E-state index contributed by atoms with van der Waals surface area (Å²) in [6.07, 6.45) is 1.40. The molecule has 1 amide bonds. The van der Waals surface area contributed by atoms with E-state index in [2.05, 4.69) is 5.10 Å². The van der Waals surface area contributed by atoms with Gasteiger partial charge in [0.1, 0.15) is 17.6 Å². The SMILES string of the molecule is COc1cccc(Cn2nc3n(c2=O)[C@@H](C(=O)N2CCC(F)(F)C2)CCC3)c1. The smallest absolute Gasteiger partial charge is 0.346 e. The molecule has 0 spiro atoms. The number of amides is 1. The second-order valence-electron chi connectivity index (χ2n) is 7.35. The van der Waals surface area contributed by atoms with E-state index in [1.165, 1.54) is 14.1 Å².